The highest BCUT2D eigenvalue weighted by molar-refractivity contribution is 7.14. The minimum Gasteiger partial charge on any atom is -0.443 e. The Kier molecular flexibility index (Phi) is 3.91. The van der Waals surface area contributed by atoms with Crippen molar-refractivity contribution in [3.63, 3.8) is 0 Å². The quantitative estimate of drug-likeness (QED) is 0.800. The zero-order valence-corrected chi connectivity index (χ0v) is 11.2. The first kappa shape index (κ1) is 13.0. The van der Waals surface area contributed by atoms with Crippen LogP contribution >= 0.6 is 11.3 Å². The summed E-state index contributed by atoms with van der Waals surface area (Å²) in [6.07, 6.45) is 0.503. The largest absolute Gasteiger partial charge is 0.443 e. The molecule has 0 aromatic carbocycles. The van der Waals surface area contributed by atoms with E-state index in [0.717, 1.165) is 12.1 Å². The molecular formula is C11H18N2O2S. The van der Waals surface area contributed by atoms with E-state index in [4.69, 9.17) is 4.74 Å². The van der Waals surface area contributed by atoms with Crippen molar-refractivity contribution in [2.45, 2.75) is 39.7 Å². The van der Waals surface area contributed by atoms with Crippen molar-refractivity contribution in [2.24, 2.45) is 0 Å². The molecule has 1 aromatic rings. The van der Waals surface area contributed by atoms with E-state index in [2.05, 4.69) is 4.98 Å². The molecule has 0 saturated carbocycles. The summed E-state index contributed by atoms with van der Waals surface area (Å²) in [5.74, 6) is 0. The smallest absolute Gasteiger partial charge is 0.416 e. The zero-order chi connectivity index (χ0) is 12.3. The van der Waals surface area contributed by atoms with Crippen LogP contribution in [-0.4, -0.2) is 23.7 Å². The Morgan fingerprint density at radius 2 is 2.19 bits per heavy atom. The molecule has 90 valence electrons. The van der Waals surface area contributed by atoms with Crippen LogP contribution in [0.25, 0.3) is 0 Å². The first-order chi connectivity index (χ1) is 7.33. The van der Waals surface area contributed by atoms with Gasteiger partial charge in [-0.05, 0) is 27.2 Å². The molecule has 0 spiro atoms. The van der Waals surface area contributed by atoms with Crippen molar-refractivity contribution in [3.05, 3.63) is 11.1 Å². The lowest BCUT2D eigenvalue weighted by Gasteiger charge is -2.23. The lowest BCUT2D eigenvalue weighted by molar-refractivity contribution is 0.0589. The summed E-state index contributed by atoms with van der Waals surface area (Å²) in [5.41, 5.74) is 0.520. The molecule has 0 saturated heterocycles. The highest BCUT2D eigenvalue weighted by atomic mass is 32.1. The molecule has 0 unspecified atom stereocenters. The summed E-state index contributed by atoms with van der Waals surface area (Å²) in [7, 11) is 1.67. The summed E-state index contributed by atoms with van der Waals surface area (Å²) in [6.45, 7) is 7.57. The van der Waals surface area contributed by atoms with Crippen LogP contribution in [0.4, 0.5) is 9.93 Å². The summed E-state index contributed by atoms with van der Waals surface area (Å²) in [4.78, 5) is 17.5. The van der Waals surface area contributed by atoms with E-state index >= 15 is 0 Å². The SMILES string of the molecule is CCc1csc(N(C)C(=O)OC(C)(C)C)n1. The number of nitrogens with zero attached hydrogens (tertiary/aromatic N) is 2. The lowest BCUT2D eigenvalue weighted by atomic mass is 10.2. The van der Waals surface area contributed by atoms with Crippen LogP contribution < -0.4 is 4.90 Å². The Labute approximate surface area is 100 Å². The van der Waals surface area contributed by atoms with Gasteiger partial charge < -0.3 is 4.74 Å². The third-order valence-electron chi connectivity index (χ3n) is 1.86. The van der Waals surface area contributed by atoms with Gasteiger partial charge in [-0.2, -0.15) is 0 Å². The minimum atomic E-state index is -0.476. The van der Waals surface area contributed by atoms with Crippen molar-refractivity contribution in [1.29, 1.82) is 0 Å². The average molecular weight is 242 g/mol. The fraction of sp³-hybridized carbons (Fsp3) is 0.636. The Balaban J connectivity index is 2.70. The van der Waals surface area contributed by atoms with Gasteiger partial charge in [0.1, 0.15) is 5.60 Å². The number of anilines is 1. The predicted octanol–water partition coefficient (Wildman–Crippen LogP) is 3.08. The van der Waals surface area contributed by atoms with E-state index in [9.17, 15) is 4.79 Å². The molecule has 1 amide bonds. The molecule has 0 fully saturated rings. The van der Waals surface area contributed by atoms with Gasteiger partial charge in [0.2, 0.25) is 0 Å². The Morgan fingerprint density at radius 1 is 1.56 bits per heavy atom. The normalized spacial score (nSPS) is 11.3. The van der Waals surface area contributed by atoms with E-state index in [1.54, 1.807) is 7.05 Å². The molecule has 0 aliphatic heterocycles. The summed E-state index contributed by atoms with van der Waals surface area (Å²) < 4.78 is 5.25. The van der Waals surface area contributed by atoms with Crippen molar-refractivity contribution >= 4 is 22.6 Å². The molecular weight excluding hydrogens is 224 g/mol. The molecule has 4 nitrogen and oxygen atoms in total. The van der Waals surface area contributed by atoms with E-state index in [1.807, 2.05) is 33.1 Å². The predicted molar refractivity (Wildman–Crippen MR) is 66.1 cm³/mol. The molecule has 0 radical (unpaired) electrons. The van der Waals surface area contributed by atoms with Crippen molar-refractivity contribution < 1.29 is 9.53 Å². The standard InChI is InChI=1S/C11H18N2O2S/c1-6-8-7-16-9(12-8)13(5)10(14)15-11(2,3)4/h7H,6H2,1-5H3. The topological polar surface area (TPSA) is 42.4 Å². The van der Waals surface area contributed by atoms with Crippen LogP contribution in [-0.2, 0) is 11.2 Å². The van der Waals surface area contributed by atoms with Gasteiger partial charge in [0.05, 0.1) is 5.69 Å². The van der Waals surface area contributed by atoms with Gasteiger partial charge in [-0.15, -0.1) is 11.3 Å². The lowest BCUT2D eigenvalue weighted by Crippen LogP contribution is -2.34. The van der Waals surface area contributed by atoms with Gasteiger partial charge in [-0.25, -0.2) is 9.78 Å². The van der Waals surface area contributed by atoms with Crippen molar-refractivity contribution in [2.75, 3.05) is 11.9 Å². The second kappa shape index (κ2) is 4.82. The molecule has 5 heteroatoms. The minimum absolute atomic E-state index is 0.371. The highest BCUT2D eigenvalue weighted by Crippen LogP contribution is 2.21. The molecule has 1 rings (SSSR count). The van der Waals surface area contributed by atoms with E-state index < -0.39 is 5.60 Å². The third-order valence-corrected chi connectivity index (χ3v) is 2.82. The van der Waals surface area contributed by atoms with Crippen LogP contribution in [0.15, 0.2) is 5.38 Å². The number of aryl methyl sites for hydroxylation is 1. The first-order valence-electron chi connectivity index (χ1n) is 5.24. The Hall–Kier alpha value is -1.10. The van der Waals surface area contributed by atoms with Crippen LogP contribution in [0.1, 0.15) is 33.4 Å². The number of hydrogen-bond acceptors (Lipinski definition) is 4. The summed E-state index contributed by atoms with van der Waals surface area (Å²) in [5, 5.41) is 2.63. The molecule has 1 aromatic heterocycles. The Morgan fingerprint density at radius 3 is 2.62 bits per heavy atom. The number of carbonyl (C=O) groups excluding carboxylic acids is 1. The maximum Gasteiger partial charge on any atom is 0.416 e. The van der Waals surface area contributed by atoms with Crippen LogP contribution in [0.5, 0.6) is 0 Å². The van der Waals surface area contributed by atoms with Gasteiger partial charge >= 0.3 is 6.09 Å². The molecule has 0 atom stereocenters. The number of aromatic nitrogens is 1. The fourth-order valence-corrected chi connectivity index (χ4v) is 1.88. The maximum absolute atomic E-state index is 11.7. The fourth-order valence-electron chi connectivity index (χ4n) is 1.02. The van der Waals surface area contributed by atoms with E-state index in [0.29, 0.717) is 5.13 Å². The molecule has 0 N–H and O–H groups in total. The second-order valence-corrected chi connectivity index (χ2v) is 5.35. The molecule has 0 aliphatic carbocycles. The summed E-state index contributed by atoms with van der Waals surface area (Å²) >= 11 is 1.45. The average Bonchev–Trinajstić information content (AvgIpc) is 2.61. The van der Waals surface area contributed by atoms with E-state index in [-0.39, 0.29) is 6.09 Å². The zero-order valence-electron chi connectivity index (χ0n) is 10.4. The van der Waals surface area contributed by atoms with Crippen molar-refractivity contribution in [3.8, 4) is 0 Å². The second-order valence-electron chi connectivity index (χ2n) is 4.51. The third kappa shape index (κ3) is 3.48. The molecule has 0 bridgehead atoms. The Bertz CT molecular complexity index is 368. The highest BCUT2D eigenvalue weighted by Gasteiger charge is 2.22. The van der Waals surface area contributed by atoms with Crippen molar-refractivity contribution in [1.82, 2.24) is 4.98 Å². The van der Waals surface area contributed by atoms with Gasteiger partial charge in [-0.3, -0.25) is 4.90 Å². The number of ether oxygens (including phenoxy) is 1. The van der Waals surface area contributed by atoms with Crippen LogP contribution in [0, 0.1) is 0 Å². The number of rotatable bonds is 2. The maximum atomic E-state index is 11.7. The van der Waals surface area contributed by atoms with Gasteiger partial charge in [0, 0.05) is 12.4 Å². The molecule has 1 heterocycles. The summed E-state index contributed by atoms with van der Waals surface area (Å²) in [6, 6.07) is 0. The van der Waals surface area contributed by atoms with E-state index in [1.165, 1.54) is 16.2 Å². The molecule has 16 heavy (non-hydrogen) atoms. The number of amides is 1. The molecule has 0 aliphatic rings. The van der Waals surface area contributed by atoms with Crippen LogP contribution in [0.2, 0.25) is 0 Å². The number of thiazole rings is 1. The number of carbonyl (C=O) groups is 1. The van der Waals surface area contributed by atoms with Crippen LogP contribution in [0.3, 0.4) is 0 Å². The van der Waals surface area contributed by atoms with Gasteiger partial charge in [-0.1, -0.05) is 6.92 Å². The van der Waals surface area contributed by atoms with Gasteiger partial charge in [0.15, 0.2) is 5.13 Å². The monoisotopic (exact) mass is 242 g/mol. The number of hydrogen-bond donors (Lipinski definition) is 0. The first-order valence-corrected chi connectivity index (χ1v) is 6.12. The van der Waals surface area contributed by atoms with Gasteiger partial charge in [0.25, 0.3) is 0 Å².